The van der Waals surface area contributed by atoms with Gasteiger partial charge in [0.2, 0.25) is 0 Å². The monoisotopic (exact) mass is 560 g/mol. The number of rotatable bonds is 8. The highest BCUT2D eigenvalue weighted by molar-refractivity contribution is 9.10. The fraction of sp³-hybridized carbons (Fsp3) is 0.120. The van der Waals surface area contributed by atoms with E-state index in [1.54, 1.807) is 24.3 Å². The maximum Gasteiger partial charge on any atom is 0.266 e. The Bertz CT molecular complexity index is 1270. The second-order valence-electron chi connectivity index (χ2n) is 6.91. The predicted octanol–water partition coefficient (Wildman–Crippen LogP) is 6.90. The molecule has 0 fully saturated rings. The molecular weight excluding hydrogens is 543 g/mol. The van der Waals surface area contributed by atoms with Gasteiger partial charge in [-0.1, -0.05) is 51.3 Å². The van der Waals surface area contributed by atoms with Gasteiger partial charge in [0.25, 0.3) is 5.91 Å². The van der Waals surface area contributed by atoms with Crippen molar-refractivity contribution in [2.24, 2.45) is 0 Å². The maximum absolute atomic E-state index is 12.9. The van der Waals surface area contributed by atoms with Crippen molar-refractivity contribution < 1.29 is 19.0 Å². The van der Waals surface area contributed by atoms with Crippen molar-refractivity contribution in [3.05, 3.63) is 85.8 Å². The van der Waals surface area contributed by atoms with Crippen LogP contribution in [-0.4, -0.2) is 20.1 Å². The number of anilines is 1. The Morgan fingerprint density at radius 2 is 1.74 bits per heavy atom. The highest BCUT2D eigenvalue weighted by Crippen LogP contribution is 2.36. The van der Waals surface area contributed by atoms with E-state index in [0.717, 1.165) is 10.0 Å². The molecule has 9 heteroatoms. The molecule has 0 aliphatic heterocycles. The van der Waals surface area contributed by atoms with Gasteiger partial charge in [-0.2, -0.15) is 5.26 Å². The van der Waals surface area contributed by atoms with Crippen LogP contribution in [-0.2, 0) is 11.4 Å². The number of carbonyl (C=O) groups excluding carboxylic acids is 1. The zero-order valence-corrected chi connectivity index (χ0v) is 21.3. The fourth-order valence-corrected chi connectivity index (χ4v) is 3.69. The van der Waals surface area contributed by atoms with Crippen molar-refractivity contribution in [1.82, 2.24) is 0 Å². The highest BCUT2D eigenvalue weighted by Gasteiger charge is 2.16. The molecule has 0 aliphatic rings. The first-order valence-corrected chi connectivity index (χ1v) is 11.4. The minimum Gasteiger partial charge on any atom is -0.495 e. The molecule has 34 heavy (non-hydrogen) atoms. The van der Waals surface area contributed by atoms with Gasteiger partial charge in [-0.15, -0.1) is 0 Å². The van der Waals surface area contributed by atoms with Gasteiger partial charge in [-0.05, 0) is 42.0 Å². The van der Waals surface area contributed by atoms with Crippen LogP contribution in [0.15, 0.2) is 64.6 Å². The fourth-order valence-electron chi connectivity index (χ4n) is 2.96. The van der Waals surface area contributed by atoms with E-state index in [4.69, 9.17) is 37.4 Å². The predicted molar refractivity (Wildman–Crippen MR) is 137 cm³/mol. The van der Waals surface area contributed by atoms with Gasteiger partial charge in [-0.25, -0.2) is 0 Å². The topological polar surface area (TPSA) is 80.6 Å². The van der Waals surface area contributed by atoms with Crippen LogP contribution in [0, 0.1) is 11.3 Å². The molecule has 0 bridgehead atoms. The summed E-state index contributed by atoms with van der Waals surface area (Å²) in [5.41, 5.74) is 1.65. The van der Waals surface area contributed by atoms with E-state index in [1.165, 1.54) is 32.4 Å². The van der Waals surface area contributed by atoms with Gasteiger partial charge in [0, 0.05) is 27.2 Å². The Morgan fingerprint density at radius 1 is 1.03 bits per heavy atom. The summed E-state index contributed by atoms with van der Waals surface area (Å²) in [6, 6.07) is 17.6. The average Bonchev–Trinajstić information content (AvgIpc) is 2.83. The molecule has 3 rings (SSSR count). The molecule has 0 spiro atoms. The van der Waals surface area contributed by atoms with Gasteiger partial charge < -0.3 is 19.5 Å². The molecule has 0 saturated heterocycles. The van der Waals surface area contributed by atoms with E-state index in [1.807, 2.05) is 24.3 Å². The second-order valence-corrected chi connectivity index (χ2v) is 8.67. The lowest BCUT2D eigenvalue weighted by Crippen LogP contribution is -2.14. The quantitative estimate of drug-likeness (QED) is 0.239. The molecule has 174 valence electrons. The lowest BCUT2D eigenvalue weighted by atomic mass is 10.1. The second kappa shape index (κ2) is 11.8. The van der Waals surface area contributed by atoms with Crippen LogP contribution in [0.5, 0.6) is 17.2 Å². The van der Waals surface area contributed by atoms with E-state index in [2.05, 4.69) is 21.2 Å². The average molecular weight is 562 g/mol. The summed E-state index contributed by atoms with van der Waals surface area (Å²) < 4.78 is 17.2. The highest BCUT2D eigenvalue weighted by atomic mass is 79.9. The molecule has 3 aromatic rings. The van der Waals surface area contributed by atoms with E-state index in [0.29, 0.717) is 38.5 Å². The maximum atomic E-state index is 12.9. The van der Waals surface area contributed by atoms with Crippen LogP contribution in [0.3, 0.4) is 0 Å². The van der Waals surface area contributed by atoms with Gasteiger partial charge in [0.1, 0.15) is 35.5 Å². The van der Waals surface area contributed by atoms with Gasteiger partial charge >= 0.3 is 0 Å². The molecule has 0 saturated carbocycles. The van der Waals surface area contributed by atoms with Crippen molar-refractivity contribution in [3.63, 3.8) is 0 Å². The van der Waals surface area contributed by atoms with Gasteiger partial charge in [0.15, 0.2) is 0 Å². The molecule has 1 amide bonds. The molecular formula is C25H19BrCl2N2O4. The van der Waals surface area contributed by atoms with Crippen LogP contribution in [0.2, 0.25) is 10.0 Å². The number of carbonyl (C=O) groups is 1. The zero-order valence-electron chi connectivity index (χ0n) is 18.2. The molecule has 3 aromatic carbocycles. The van der Waals surface area contributed by atoms with E-state index in [9.17, 15) is 10.1 Å². The Balaban J connectivity index is 1.87. The molecule has 0 heterocycles. The van der Waals surface area contributed by atoms with Crippen LogP contribution >= 0.6 is 39.1 Å². The third kappa shape index (κ3) is 6.45. The first-order chi connectivity index (χ1) is 16.3. The Labute approximate surface area is 215 Å². The Hall–Kier alpha value is -3.18. The van der Waals surface area contributed by atoms with E-state index < -0.39 is 5.91 Å². The largest absolute Gasteiger partial charge is 0.495 e. The van der Waals surface area contributed by atoms with Crippen molar-refractivity contribution >= 4 is 56.8 Å². The number of ether oxygens (including phenoxy) is 3. The van der Waals surface area contributed by atoms with Crippen LogP contribution in [0.4, 0.5) is 5.69 Å². The van der Waals surface area contributed by atoms with Crippen molar-refractivity contribution in [2.75, 3.05) is 19.5 Å². The Morgan fingerprint density at radius 3 is 2.38 bits per heavy atom. The number of benzene rings is 3. The van der Waals surface area contributed by atoms with Gasteiger partial charge in [0.05, 0.1) is 24.9 Å². The lowest BCUT2D eigenvalue weighted by Gasteiger charge is -2.13. The van der Waals surface area contributed by atoms with Crippen molar-refractivity contribution in [2.45, 2.75) is 6.61 Å². The minimum absolute atomic E-state index is 0.134. The summed E-state index contributed by atoms with van der Waals surface area (Å²) in [5.74, 6) is 0.550. The van der Waals surface area contributed by atoms with Crippen LogP contribution in [0.1, 0.15) is 11.1 Å². The number of nitrogens with one attached hydrogen (secondary N) is 1. The van der Waals surface area contributed by atoms with Crippen LogP contribution < -0.4 is 19.5 Å². The summed E-state index contributed by atoms with van der Waals surface area (Å²) in [5, 5.41) is 13.3. The molecule has 0 unspecified atom stereocenters. The molecule has 0 atom stereocenters. The lowest BCUT2D eigenvalue weighted by molar-refractivity contribution is -0.112. The SMILES string of the molecule is COc1cc(NC(=O)/C(C#N)=C/c2cc(Br)ccc2OCc2ccc(Cl)cc2)c(OC)cc1Cl. The summed E-state index contributed by atoms with van der Waals surface area (Å²) in [4.78, 5) is 12.9. The van der Waals surface area contributed by atoms with Crippen LogP contribution in [0.25, 0.3) is 6.08 Å². The number of nitriles is 1. The number of methoxy groups -OCH3 is 2. The molecule has 0 aliphatic carbocycles. The number of nitrogens with zero attached hydrogens (tertiary/aromatic N) is 1. The summed E-state index contributed by atoms with van der Waals surface area (Å²) in [6.45, 7) is 0.287. The number of hydrogen-bond acceptors (Lipinski definition) is 5. The zero-order chi connectivity index (χ0) is 24.7. The third-order valence-corrected chi connectivity index (χ3v) is 5.71. The summed E-state index contributed by atoms with van der Waals surface area (Å²) in [6.07, 6.45) is 1.46. The molecule has 6 nitrogen and oxygen atoms in total. The Kier molecular flexibility index (Phi) is 8.83. The first kappa shape index (κ1) is 25.4. The van der Waals surface area contributed by atoms with Gasteiger partial charge in [-0.3, -0.25) is 4.79 Å². The molecule has 0 radical (unpaired) electrons. The number of amides is 1. The van der Waals surface area contributed by atoms with Crippen molar-refractivity contribution in [1.29, 1.82) is 5.26 Å². The summed E-state index contributed by atoms with van der Waals surface area (Å²) >= 11 is 15.5. The smallest absolute Gasteiger partial charge is 0.266 e. The number of halogens is 3. The molecule has 1 N–H and O–H groups in total. The normalized spacial score (nSPS) is 10.9. The number of hydrogen-bond donors (Lipinski definition) is 1. The first-order valence-electron chi connectivity index (χ1n) is 9.86. The standard InChI is InChI=1S/C25H19BrCl2N2O4/c1-32-23-12-21(24(33-2)11-20(23)28)30-25(31)17(13-29)9-16-10-18(26)5-8-22(16)34-14-15-3-6-19(27)7-4-15/h3-12H,14H2,1-2H3,(H,30,31)/b17-9+. The minimum atomic E-state index is -0.631. The third-order valence-electron chi connectivity index (χ3n) is 4.67. The van der Waals surface area contributed by atoms with Crippen molar-refractivity contribution in [3.8, 4) is 23.3 Å². The van der Waals surface area contributed by atoms with E-state index in [-0.39, 0.29) is 12.2 Å². The summed E-state index contributed by atoms with van der Waals surface area (Å²) in [7, 11) is 2.90. The molecule has 0 aromatic heterocycles. The van der Waals surface area contributed by atoms with E-state index >= 15 is 0 Å².